The number of hydrogen-bond donors (Lipinski definition) is 1. The fourth-order valence-electron chi connectivity index (χ4n) is 4.78. The molecule has 0 unspecified atom stereocenters. The maximum Gasteiger partial charge on any atom is 0.416 e. The summed E-state index contributed by atoms with van der Waals surface area (Å²) in [5.41, 5.74) is 4.30. The second-order valence-corrected chi connectivity index (χ2v) is 9.46. The molecule has 0 aliphatic carbocycles. The number of carbonyl (C=O) groups excluding carboxylic acids is 1. The Morgan fingerprint density at radius 3 is 2.50 bits per heavy atom. The minimum atomic E-state index is -4.44. The Morgan fingerprint density at radius 2 is 1.68 bits per heavy atom. The first-order chi connectivity index (χ1) is 19.3. The van der Waals surface area contributed by atoms with Crippen molar-refractivity contribution in [2.24, 2.45) is 0 Å². The van der Waals surface area contributed by atoms with Gasteiger partial charge in [0.1, 0.15) is 5.65 Å². The number of rotatable bonds is 7. The van der Waals surface area contributed by atoms with Crippen molar-refractivity contribution in [1.82, 2.24) is 14.7 Å². The minimum Gasteiger partial charge on any atom is -0.454 e. The molecule has 0 atom stereocenters. The lowest BCUT2D eigenvalue weighted by molar-refractivity contribution is -0.137. The molecular weight excluding hydrogens is 519 g/mol. The number of benzene rings is 3. The molecule has 0 spiro atoms. The van der Waals surface area contributed by atoms with Crippen LogP contribution in [0.5, 0.6) is 11.5 Å². The monoisotopic (exact) mass is 543 g/mol. The van der Waals surface area contributed by atoms with Gasteiger partial charge in [-0.2, -0.15) is 13.2 Å². The number of aromatic nitrogens is 2. The van der Waals surface area contributed by atoms with Gasteiger partial charge >= 0.3 is 6.18 Å². The molecule has 1 N–H and O–H groups in total. The number of nitrogens with zero attached hydrogens (tertiary/aromatic N) is 2. The summed E-state index contributed by atoms with van der Waals surface area (Å²) < 4.78 is 52.6. The predicted molar refractivity (Wildman–Crippen MR) is 144 cm³/mol. The van der Waals surface area contributed by atoms with E-state index in [0.717, 1.165) is 34.6 Å². The fraction of sp³-hybridized carbons (Fsp3) is 0.161. The highest BCUT2D eigenvalue weighted by molar-refractivity contribution is 5.77. The number of hydrogen-bond acceptors (Lipinski definition) is 4. The Kier molecular flexibility index (Phi) is 6.63. The van der Waals surface area contributed by atoms with Crippen molar-refractivity contribution in [3.63, 3.8) is 0 Å². The molecule has 5 aromatic rings. The molecule has 3 heterocycles. The van der Waals surface area contributed by atoms with Gasteiger partial charge in [0.2, 0.25) is 12.7 Å². The number of pyridine rings is 1. The van der Waals surface area contributed by atoms with Crippen LogP contribution in [0.1, 0.15) is 23.2 Å². The van der Waals surface area contributed by atoms with E-state index in [1.165, 1.54) is 6.07 Å². The summed E-state index contributed by atoms with van der Waals surface area (Å²) in [6.45, 7) is 0.525. The Balaban J connectivity index is 1.27. The lowest BCUT2D eigenvalue weighted by atomic mass is 10.0. The summed E-state index contributed by atoms with van der Waals surface area (Å²) in [6, 6.07) is 23.9. The highest BCUT2D eigenvalue weighted by Gasteiger charge is 2.30. The number of fused-ring (bicyclic) bond motifs is 2. The molecule has 6 rings (SSSR count). The SMILES string of the molecule is O=C(CCc1c(-c2ccccc2)nc2ccc(-c3cccc(C(F)(F)F)c3)cn12)NCc1ccc2c(c1)OCO2. The van der Waals surface area contributed by atoms with Crippen LogP contribution in [0.3, 0.4) is 0 Å². The molecule has 0 bridgehead atoms. The second-order valence-electron chi connectivity index (χ2n) is 9.46. The maximum absolute atomic E-state index is 13.3. The molecule has 1 aliphatic heterocycles. The van der Waals surface area contributed by atoms with Gasteiger partial charge in [-0.1, -0.05) is 48.5 Å². The predicted octanol–water partition coefficient (Wildman–Crippen LogP) is 6.66. The molecule has 6 nitrogen and oxygen atoms in total. The largest absolute Gasteiger partial charge is 0.454 e. The van der Waals surface area contributed by atoms with Crippen LogP contribution in [0, 0.1) is 0 Å². The topological polar surface area (TPSA) is 64.9 Å². The van der Waals surface area contributed by atoms with E-state index >= 15 is 0 Å². The van der Waals surface area contributed by atoms with Gasteiger partial charge in [0.05, 0.1) is 17.0 Å². The number of imidazole rings is 1. The molecule has 9 heteroatoms. The number of ether oxygens (including phenoxy) is 2. The summed E-state index contributed by atoms with van der Waals surface area (Å²) in [6.07, 6.45) is -2.07. The number of halogens is 3. The Hall–Kier alpha value is -4.79. The van der Waals surface area contributed by atoms with E-state index in [1.54, 1.807) is 24.4 Å². The fourth-order valence-corrected chi connectivity index (χ4v) is 4.78. The molecule has 0 saturated heterocycles. The van der Waals surface area contributed by atoms with Crippen LogP contribution in [-0.4, -0.2) is 22.1 Å². The lowest BCUT2D eigenvalue weighted by Crippen LogP contribution is -2.23. The van der Waals surface area contributed by atoms with Gasteiger partial charge in [0.25, 0.3) is 0 Å². The molecule has 40 heavy (non-hydrogen) atoms. The molecule has 2 aromatic heterocycles. The quantitative estimate of drug-likeness (QED) is 0.249. The van der Waals surface area contributed by atoms with Crippen molar-refractivity contribution in [1.29, 1.82) is 0 Å². The van der Waals surface area contributed by atoms with Crippen LogP contribution in [0.4, 0.5) is 13.2 Å². The molecule has 3 aromatic carbocycles. The standard InChI is InChI=1S/C31H24F3N3O3/c32-31(33,34)24-8-4-7-22(16-24)23-10-13-28-36-30(21-5-2-1-3-6-21)25(37(28)18-23)11-14-29(38)35-17-20-9-12-26-27(15-20)40-19-39-26/h1-10,12-13,15-16,18H,11,14,17,19H2,(H,35,38). The summed E-state index contributed by atoms with van der Waals surface area (Å²) in [7, 11) is 0. The number of nitrogens with one attached hydrogen (secondary N) is 1. The molecule has 0 fully saturated rings. The Bertz CT molecular complexity index is 1700. The zero-order valence-electron chi connectivity index (χ0n) is 21.2. The third-order valence-corrected chi connectivity index (χ3v) is 6.80. The number of amides is 1. The number of carbonyl (C=O) groups is 1. The molecule has 0 radical (unpaired) electrons. The van der Waals surface area contributed by atoms with Gasteiger partial charge in [0, 0.05) is 24.7 Å². The van der Waals surface area contributed by atoms with Crippen LogP contribution in [0.15, 0.2) is 91.1 Å². The van der Waals surface area contributed by atoms with Crippen molar-refractivity contribution in [3.8, 4) is 33.9 Å². The van der Waals surface area contributed by atoms with Crippen LogP contribution < -0.4 is 14.8 Å². The third-order valence-electron chi connectivity index (χ3n) is 6.80. The lowest BCUT2D eigenvalue weighted by Gasteiger charge is -2.11. The first kappa shape index (κ1) is 25.5. The number of aryl methyl sites for hydroxylation is 1. The van der Waals surface area contributed by atoms with Crippen molar-refractivity contribution in [2.75, 3.05) is 6.79 Å². The van der Waals surface area contributed by atoms with E-state index in [1.807, 2.05) is 52.9 Å². The van der Waals surface area contributed by atoms with E-state index in [9.17, 15) is 18.0 Å². The van der Waals surface area contributed by atoms with E-state index in [2.05, 4.69) is 5.32 Å². The molecule has 1 aliphatic rings. The average molecular weight is 544 g/mol. The first-order valence-electron chi connectivity index (χ1n) is 12.7. The second kappa shape index (κ2) is 10.4. The van der Waals surface area contributed by atoms with Gasteiger partial charge in [-0.3, -0.25) is 4.79 Å². The normalized spacial score (nSPS) is 12.6. The molecular formula is C31H24F3N3O3. The highest BCUT2D eigenvalue weighted by atomic mass is 19.4. The summed E-state index contributed by atoms with van der Waals surface area (Å²) in [4.78, 5) is 17.7. The summed E-state index contributed by atoms with van der Waals surface area (Å²) in [5, 5.41) is 2.95. The van der Waals surface area contributed by atoms with E-state index in [4.69, 9.17) is 14.5 Å². The van der Waals surface area contributed by atoms with Crippen molar-refractivity contribution < 1.29 is 27.4 Å². The maximum atomic E-state index is 13.3. The Morgan fingerprint density at radius 1 is 0.875 bits per heavy atom. The summed E-state index contributed by atoms with van der Waals surface area (Å²) >= 11 is 0. The zero-order chi connectivity index (χ0) is 27.7. The van der Waals surface area contributed by atoms with Crippen LogP contribution in [-0.2, 0) is 23.9 Å². The van der Waals surface area contributed by atoms with Gasteiger partial charge in [-0.15, -0.1) is 0 Å². The van der Waals surface area contributed by atoms with Gasteiger partial charge in [-0.25, -0.2) is 4.98 Å². The molecule has 0 saturated carbocycles. The smallest absolute Gasteiger partial charge is 0.416 e. The first-order valence-corrected chi connectivity index (χ1v) is 12.7. The van der Waals surface area contributed by atoms with Crippen molar-refractivity contribution in [3.05, 3.63) is 108 Å². The van der Waals surface area contributed by atoms with Crippen molar-refractivity contribution in [2.45, 2.75) is 25.6 Å². The van der Waals surface area contributed by atoms with E-state index < -0.39 is 11.7 Å². The van der Waals surface area contributed by atoms with Gasteiger partial charge in [0.15, 0.2) is 11.5 Å². The van der Waals surface area contributed by atoms with E-state index in [0.29, 0.717) is 41.2 Å². The van der Waals surface area contributed by atoms with Crippen molar-refractivity contribution >= 4 is 11.6 Å². The number of alkyl halides is 3. The summed E-state index contributed by atoms with van der Waals surface area (Å²) in [5.74, 6) is 1.20. The van der Waals surface area contributed by atoms with Gasteiger partial charge < -0.3 is 19.2 Å². The average Bonchev–Trinajstić information content (AvgIpc) is 3.59. The highest BCUT2D eigenvalue weighted by Crippen LogP contribution is 2.34. The van der Waals surface area contributed by atoms with Gasteiger partial charge in [-0.05, 0) is 59.5 Å². The van der Waals surface area contributed by atoms with Crippen LogP contribution in [0.25, 0.3) is 28.0 Å². The van der Waals surface area contributed by atoms with E-state index in [-0.39, 0.29) is 19.1 Å². The zero-order valence-corrected chi connectivity index (χ0v) is 21.2. The molecule has 202 valence electrons. The third kappa shape index (κ3) is 5.22. The van der Waals surface area contributed by atoms with Crippen LogP contribution in [0.2, 0.25) is 0 Å². The molecule has 1 amide bonds. The Labute approximate surface area is 228 Å². The van der Waals surface area contributed by atoms with Crippen LogP contribution >= 0.6 is 0 Å². The minimum absolute atomic E-state index is 0.138.